The first-order chi connectivity index (χ1) is 12.8. The number of carbonyl (C=O) groups excluding carboxylic acids is 2. The quantitative estimate of drug-likeness (QED) is 0.824. The molecule has 0 aliphatic heterocycles. The fourth-order valence-electron chi connectivity index (χ4n) is 3.40. The van der Waals surface area contributed by atoms with Gasteiger partial charge >= 0.3 is 12.1 Å². The van der Waals surface area contributed by atoms with Crippen molar-refractivity contribution in [3.05, 3.63) is 35.8 Å². The lowest BCUT2D eigenvalue weighted by atomic mass is 9.84. The lowest BCUT2D eigenvalue weighted by Gasteiger charge is -2.33. The molecule has 0 spiro atoms. The Kier molecular flexibility index (Phi) is 5.38. The van der Waals surface area contributed by atoms with E-state index >= 15 is 0 Å². The van der Waals surface area contributed by atoms with Crippen LogP contribution in [0.15, 0.2) is 24.4 Å². The van der Waals surface area contributed by atoms with Crippen LogP contribution >= 0.6 is 0 Å². The van der Waals surface area contributed by atoms with Crippen molar-refractivity contribution in [2.45, 2.75) is 44.8 Å². The Labute approximate surface area is 153 Å². The van der Waals surface area contributed by atoms with Crippen molar-refractivity contribution in [1.82, 2.24) is 14.7 Å². The van der Waals surface area contributed by atoms with E-state index in [-0.39, 0.29) is 18.5 Å². The maximum Gasteiger partial charge on any atom is 0.393 e. The molecule has 2 heterocycles. The lowest BCUT2D eigenvalue weighted by Crippen LogP contribution is -2.48. The van der Waals surface area contributed by atoms with Gasteiger partial charge in [0, 0.05) is 17.9 Å². The molecule has 0 aromatic carbocycles. The van der Waals surface area contributed by atoms with E-state index in [1.165, 1.54) is 6.20 Å². The third-order valence-electron chi connectivity index (χ3n) is 4.77. The van der Waals surface area contributed by atoms with E-state index in [9.17, 15) is 22.8 Å². The first kappa shape index (κ1) is 19.2. The number of ether oxygens (including phenoxy) is 1. The molecule has 2 aromatic heterocycles. The van der Waals surface area contributed by atoms with Crippen LogP contribution in [0.5, 0.6) is 0 Å². The van der Waals surface area contributed by atoms with Gasteiger partial charge in [0.25, 0.3) is 5.91 Å². The Morgan fingerprint density at radius 1 is 1.30 bits per heavy atom. The molecule has 9 heteroatoms. The van der Waals surface area contributed by atoms with Gasteiger partial charge in [0.05, 0.1) is 5.92 Å². The highest BCUT2D eigenvalue weighted by Crippen LogP contribution is 2.37. The minimum absolute atomic E-state index is 0.00513. The van der Waals surface area contributed by atoms with Gasteiger partial charge < -0.3 is 14.5 Å². The first-order valence-corrected chi connectivity index (χ1v) is 8.73. The van der Waals surface area contributed by atoms with Crippen LogP contribution in [-0.4, -0.2) is 40.1 Å². The van der Waals surface area contributed by atoms with Gasteiger partial charge in [-0.1, -0.05) is 18.9 Å². The second-order valence-corrected chi connectivity index (χ2v) is 6.70. The Hall–Kier alpha value is -2.58. The SMILES string of the molecule is Cc1cccc2nc(C(=O)OCC(=O)N[C@@H]3CCCC[C@H]3C(F)(F)F)cn12. The summed E-state index contributed by atoms with van der Waals surface area (Å²) in [5.74, 6) is -3.11. The molecular formula is C18H20F3N3O3. The molecule has 6 nitrogen and oxygen atoms in total. The highest BCUT2D eigenvalue weighted by molar-refractivity contribution is 5.90. The van der Waals surface area contributed by atoms with E-state index in [1.54, 1.807) is 16.5 Å². The third kappa shape index (κ3) is 4.40. The van der Waals surface area contributed by atoms with Gasteiger partial charge in [-0.2, -0.15) is 13.2 Å². The van der Waals surface area contributed by atoms with Crippen LogP contribution in [0, 0.1) is 12.8 Å². The molecule has 2 atom stereocenters. The number of fused-ring (bicyclic) bond motifs is 1. The number of aryl methyl sites for hydroxylation is 1. The summed E-state index contributed by atoms with van der Waals surface area (Å²) in [6, 6.07) is 4.37. The van der Waals surface area contributed by atoms with Crippen molar-refractivity contribution in [2.75, 3.05) is 6.61 Å². The van der Waals surface area contributed by atoms with Crippen LogP contribution in [0.3, 0.4) is 0 Å². The number of esters is 1. The molecule has 27 heavy (non-hydrogen) atoms. The Morgan fingerprint density at radius 2 is 2.04 bits per heavy atom. The molecule has 1 amide bonds. The monoisotopic (exact) mass is 383 g/mol. The standard InChI is InChI=1S/C18H20F3N3O3/c1-11-5-4-8-15-22-14(9-24(11)15)17(26)27-10-16(25)23-13-7-3-2-6-12(13)18(19,20)21/h4-5,8-9,12-13H,2-3,6-7,10H2,1H3,(H,23,25)/t12-,13-/m1/s1. The minimum Gasteiger partial charge on any atom is -0.451 e. The summed E-state index contributed by atoms with van der Waals surface area (Å²) >= 11 is 0. The van der Waals surface area contributed by atoms with Gasteiger partial charge in [-0.3, -0.25) is 4.79 Å². The molecule has 1 N–H and O–H groups in total. The smallest absolute Gasteiger partial charge is 0.393 e. The number of aromatic nitrogens is 2. The van der Waals surface area contributed by atoms with Crippen LogP contribution in [0.4, 0.5) is 13.2 Å². The van der Waals surface area contributed by atoms with Crippen molar-refractivity contribution in [1.29, 1.82) is 0 Å². The van der Waals surface area contributed by atoms with Gasteiger partial charge in [0.2, 0.25) is 0 Å². The third-order valence-corrected chi connectivity index (χ3v) is 4.77. The number of nitrogens with one attached hydrogen (secondary N) is 1. The summed E-state index contributed by atoms with van der Waals surface area (Å²) in [5, 5.41) is 2.36. The van der Waals surface area contributed by atoms with Crippen molar-refractivity contribution in [2.24, 2.45) is 5.92 Å². The van der Waals surface area contributed by atoms with E-state index < -0.39 is 36.6 Å². The van der Waals surface area contributed by atoms with E-state index in [1.807, 2.05) is 13.0 Å². The zero-order valence-corrected chi connectivity index (χ0v) is 14.8. The van der Waals surface area contributed by atoms with Crippen LogP contribution in [0.1, 0.15) is 41.9 Å². The van der Waals surface area contributed by atoms with Crippen LogP contribution < -0.4 is 5.32 Å². The minimum atomic E-state index is -4.36. The van der Waals surface area contributed by atoms with E-state index in [4.69, 9.17) is 4.74 Å². The van der Waals surface area contributed by atoms with Gasteiger partial charge in [-0.15, -0.1) is 0 Å². The molecule has 1 aliphatic rings. The van der Waals surface area contributed by atoms with Gasteiger partial charge in [0.15, 0.2) is 12.3 Å². The normalized spacial score (nSPS) is 20.4. The molecular weight excluding hydrogens is 363 g/mol. The number of rotatable bonds is 4. The van der Waals surface area contributed by atoms with Crippen molar-refractivity contribution >= 4 is 17.5 Å². The fourth-order valence-corrected chi connectivity index (χ4v) is 3.40. The first-order valence-electron chi connectivity index (χ1n) is 8.73. The number of halogens is 3. The van der Waals surface area contributed by atoms with Crippen molar-refractivity contribution in [3.8, 4) is 0 Å². The second-order valence-electron chi connectivity index (χ2n) is 6.70. The molecule has 2 aromatic rings. The summed E-state index contributed by atoms with van der Waals surface area (Å²) in [5.41, 5.74) is 1.46. The molecule has 0 radical (unpaired) electrons. The van der Waals surface area contributed by atoms with Crippen molar-refractivity contribution < 1.29 is 27.5 Å². The van der Waals surface area contributed by atoms with Crippen LogP contribution in [-0.2, 0) is 9.53 Å². The highest BCUT2D eigenvalue weighted by Gasteiger charge is 2.45. The number of amides is 1. The number of alkyl halides is 3. The number of pyridine rings is 1. The van der Waals surface area contributed by atoms with Gasteiger partial charge in [-0.25, -0.2) is 9.78 Å². The lowest BCUT2D eigenvalue weighted by molar-refractivity contribution is -0.189. The topological polar surface area (TPSA) is 72.7 Å². The average molecular weight is 383 g/mol. The largest absolute Gasteiger partial charge is 0.451 e. The molecule has 0 bridgehead atoms. The van der Waals surface area contributed by atoms with Gasteiger partial charge in [0.1, 0.15) is 5.65 Å². The Balaban J connectivity index is 1.58. The number of nitrogens with zero attached hydrogens (tertiary/aromatic N) is 2. The number of hydrogen-bond donors (Lipinski definition) is 1. The van der Waals surface area contributed by atoms with E-state index in [0.717, 1.165) is 5.69 Å². The fraction of sp³-hybridized carbons (Fsp3) is 0.500. The summed E-state index contributed by atoms with van der Waals surface area (Å²) in [6.45, 7) is 1.20. The van der Waals surface area contributed by atoms with E-state index in [0.29, 0.717) is 18.5 Å². The zero-order chi connectivity index (χ0) is 19.6. The molecule has 1 fully saturated rings. The number of hydrogen-bond acceptors (Lipinski definition) is 4. The maximum atomic E-state index is 13.1. The van der Waals surface area contributed by atoms with Crippen molar-refractivity contribution in [3.63, 3.8) is 0 Å². The average Bonchev–Trinajstić information content (AvgIpc) is 3.05. The van der Waals surface area contributed by atoms with Crippen LogP contribution in [0.25, 0.3) is 5.65 Å². The summed E-state index contributed by atoms with van der Waals surface area (Å²) < 4.78 is 45.8. The maximum absolute atomic E-state index is 13.1. The molecule has 0 unspecified atom stereocenters. The molecule has 0 saturated heterocycles. The Bertz CT molecular complexity index is 847. The highest BCUT2D eigenvalue weighted by atomic mass is 19.4. The summed E-state index contributed by atoms with van der Waals surface area (Å²) in [7, 11) is 0. The molecule has 146 valence electrons. The molecule has 3 rings (SSSR count). The number of carbonyl (C=O) groups is 2. The molecule has 1 saturated carbocycles. The predicted octanol–water partition coefficient (Wildman–Crippen LogP) is 3.04. The summed E-state index contributed by atoms with van der Waals surface area (Å²) in [4.78, 5) is 28.2. The van der Waals surface area contributed by atoms with E-state index in [2.05, 4.69) is 10.3 Å². The second kappa shape index (κ2) is 7.58. The zero-order valence-electron chi connectivity index (χ0n) is 14.8. The van der Waals surface area contributed by atoms with Crippen LogP contribution in [0.2, 0.25) is 0 Å². The summed E-state index contributed by atoms with van der Waals surface area (Å²) in [6.07, 6.45) is -1.50. The predicted molar refractivity (Wildman–Crippen MR) is 90.2 cm³/mol. The molecule has 1 aliphatic carbocycles. The Morgan fingerprint density at radius 3 is 2.74 bits per heavy atom. The van der Waals surface area contributed by atoms with Gasteiger partial charge in [-0.05, 0) is 31.9 Å². The number of imidazole rings is 1.